The second-order valence-electron chi connectivity index (χ2n) is 7.78. The molecule has 7 nitrogen and oxygen atoms in total. The van der Waals surface area contributed by atoms with Gasteiger partial charge in [-0.25, -0.2) is 15.0 Å². The Hall–Kier alpha value is -3.50. The standard InChI is InChI=1S/C24H25N5O2/c1-29(10-11-30)24-7-4-18(15-27-24)12-23-26-9-8-21(28-23)19-5-6-22(20(13-19)14-25)31-16-17-2-3-17/h4-9,13,15,17,30H,2-3,10-12,16H2,1H3. The zero-order chi connectivity index (χ0) is 21.6. The van der Waals surface area contributed by atoms with E-state index in [2.05, 4.69) is 21.0 Å². The van der Waals surface area contributed by atoms with Gasteiger partial charge in [0.05, 0.1) is 24.5 Å². The first-order valence-electron chi connectivity index (χ1n) is 10.4. The van der Waals surface area contributed by atoms with Crippen molar-refractivity contribution in [2.24, 2.45) is 5.92 Å². The van der Waals surface area contributed by atoms with Crippen molar-refractivity contribution in [1.82, 2.24) is 15.0 Å². The molecule has 0 spiro atoms. The summed E-state index contributed by atoms with van der Waals surface area (Å²) in [5.41, 5.74) is 3.14. The maximum Gasteiger partial charge on any atom is 0.137 e. The quantitative estimate of drug-likeness (QED) is 0.573. The number of benzene rings is 1. The molecule has 1 aromatic carbocycles. The summed E-state index contributed by atoms with van der Waals surface area (Å²) in [6, 6.07) is 13.6. The number of aromatic nitrogens is 3. The van der Waals surface area contributed by atoms with E-state index in [0.29, 0.717) is 42.6 Å². The van der Waals surface area contributed by atoms with Gasteiger partial charge in [-0.3, -0.25) is 0 Å². The van der Waals surface area contributed by atoms with E-state index in [9.17, 15) is 5.26 Å². The smallest absolute Gasteiger partial charge is 0.137 e. The number of nitriles is 1. The molecule has 1 aliphatic rings. The molecule has 1 aliphatic carbocycles. The van der Waals surface area contributed by atoms with Crippen LogP contribution in [0.2, 0.25) is 0 Å². The van der Waals surface area contributed by atoms with Crippen LogP contribution < -0.4 is 9.64 Å². The number of pyridine rings is 1. The molecule has 0 radical (unpaired) electrons. The van der Waals surface area contributed by atoms with E-state index in [0.717, 1.165) is 22.6 Å². The van der Waals surface area contributed by atoms with E-state index in [1.54, 1.807) is 12.4 Å². The van der Waals surface area contributed by atoms with Gasteiger partial charge in [0, 0.05) is 38.0 Å². The Bertz CT molecular complexity index is 1070. The molecule has 3 aromatic rings. The van der Waals surface area contributed by atoms with Crippen LogP contribution in [-0.2, 0) is 6.42 Å². The van der Waals surface area contributed by atoms with Gasteiger partial charge in [-0.1, -0.05) is 6.07 Å². The van der Waals surface area contributed by atoms with Crippen LogP contribution >= 0.6 is 0 Å². The normalized spacial score (nSPS) is 12.9. The topological polar surface area (TPSA) is 95.2 Å². The molecule has 0 bridgehead atoms. The highest BCUT2D eigenvalue weighted by atomic mass is 16.5. The van der Waals surface area contributed by atoms with Gasteiger partial charge in [0.1, 0.15) is 23.5 Å². The zero-order valence-electron chi connectivity index (χ0n) is 17.5. The van der Waals surface area contributed by atoms with Crippen LogP contribution in [0.1, 0.15) is 29.8 Å². The Morgan fingerprint density at radius 2 is 2.06 bits per heavy atom. The van der Waals surface area contributed by atoms with Crippen molar-refractivity contribution < 1.29 is 9.84 Å². The van der Waals surface area contributed by atoms with Crippen molar-refractivity contribution in [3.8, 4) is 23.1 Å². The monoisotopic (exact) mass is 415 g/mol. The largest absolute Gasteiger partial charge is 0.492 e. The van der Waals surface area contributed by atoms with Gasteiger partial charge in [-0.2, -0.15) is 5.26 Å². The van der Waals surface area contributed by atoms with Gasteiger partial charge in [0.15, 0.2) is 0 Å². The zero-order valence-corrected chi connectivity index (χ0v) is 17.5. The molecular weight excluding hydrogens is 390 g/mol. The molecular formula is C24H25N5O2. The molecule has 0 aliphatic heterocycles. The van der Waals surface area contributed by atoms with Crippen LogP contribution in [0, 0.1) is 17.2 Å². The summed E-state index contributed by atoms with van der Waals surface area (Å²) >= 11 is 0. The number of hydrogen-bond acceptors (Lipinski definition) is 7. The highest BCUT2D eigenvalue weighted by molar-refractivity contribution is 5.64. The minimum atomic E-state index is 0.0850. The lowest BCUT2D eigenvalue weighted by molar-refractivity contribution is 0.299. The maximum atomic E-state index is 9.53. The highest BCUT2D eigenvalue weighted by Gasteiger charge is 2.22. The van der Waals surface area contributed by atoms with Crippen molar-refractivity contribution in [3.05, 3.63) is 65.7 Å². The number of aliphatic hydroxyl groups excluding tert-OH is 1. The van der Waals surface area contributed by atoms with E-state index in [1.807, 2.05) is 48.3 Å². The van der Waals surface area contributed by atoms with E-state index < -0.39 is 0 Å². The lowest BCUT2D eigenvalue weighted by atomic mass is 10.1. The number of ether oxygens (including phenoxy) is 1. The Balaban J connectivity index is 1.48. The fraction of sp³-hybridized carbons (Fsp3) is 0.333. The van der Waals surface area contributed by atoms with Gasteiger partial charge < -0.3 is 14.7 Å². The molecule has 4 rings (SSSR count). The fourth-order valence-electron chi connectivity index (χ4n) is 3.23. The predicted octanol–water partition coefficient (Wildman–Crippen LogP) is 3.22. The molecule has 31 heavy (non-hydrogen) atoms. The number of hydrogen-bond donors (Lipinski definition) is 1. The summed E-state index contributed by atoms with van der Waals surface area (Å²) in [4.78, 5) is 15.4. The van der Waals surface area contributed by atoms with E-state index in [4.69, 9.17) is 9.84 Å². The van der Waals surface area contributed by atoms with Crippen LogP contribution in [0.15, 0.2) is 48.8 Å². The molecule has 2 heterocycles. The van der Waals surface area contributed by atoms with Crippen LogP contribution in [0.4, 0.5) is 5.82 Å². The summed E-state index contributed by atoms with van der Waals surface area (Å²) < 4.78 is 5.81. The number of nitrogens with zero attached hydrogens (tertiary/aromatic N) is 5. The third kappa shape index (κ3) is 5.36. The van der Waals surface area contributed by atoms with E-state index in [1.165, 1.54) is 12.8 Å². The molecule has 2 aromatic heterocycles. The average molecular weight is 415 g/mol. The van der Waals surface area contributed by atoms with Crippen LogP contribution in [0.25, 0.3) is 11.3 Å². The SMILES string of the molecule is CN(CCO)c1ccc(Cc2nccc(-c3ccc(OCC4CC4)c(C#N)c3)n2)cn1. The number of aliphatic hydroxyl groups is 1. The molecule has 1 fully saturated rings. The Morgan fingerprint density at radius 1 is 1.19 bits per heavy atom. The number of anilines is 1. The molecule has 0 saturated heterocycles. The van der Waals surface area contributed by atoms with Crippen molar-refractivity contribution in [2.75, 3.05) is 31.7 Å². The number of likely N-dealkylation sites (N-methyl/N-ethyl adjacent to an activating group) is 1. The van der Waals surface area contributed by atoms with Crippen LogP contribution in [0.5, 0.6) is 5.75 Å². The number of rotatable bonds is 9. The van der Waals surface area contributed by atoms with Gasteiger partial charge in [0.2, 0.25) is 0 Å². The average Bonchev–Trinajstić information content (AvgIpc) is 3.63. The molecule has 0 atom stereocenters. The fourth-order valence-corrected chi connectivity index (χ4v) is 3.23. The maximum absolute atomic E-state index is 9.53. The first-order chi connectivity index (χ1) is 15.2. The molecule has 0 amide bonds. The van der Waals surface area contributed by atoms with Crippen molar-refractivity contribution in [2.45, 2.75) is 19.3 Å². The highest BCUT2D eigenvalue weighted by Crippen LogP contribution is 2.31. The second-order valence-corrected chi connectivity index (χ2v) is 7.78. The van der Waals surface area contributed by atoms with Gasteiger partial charge >= 0.3 is 0 Å². The summed E-state index contributed by atoms with van der Waals surface area (Å²) in [5, 5.41) is 18.6. The molecule has 7 heteroatoms. The Morgan fingerprint density at radius 3 is 2.77 bits per heavy atom. The molecule has 158 valence electrons. The third-order valence-corrected chi connectivity index (χ3v) is 5.27. The predicted molar refractivity (Wildman–Crippen MR) is 118 cm³/mol. The summed E-state index contributed by atoms with van der Waals surface area (Å²) in [6.07, 6.45) is 6.51. The second kappa shape index (κ2) is 9.54. The lowest BCUT2D eigenvalue weighted by Crippen LogP contribution is -2.22. The first kappa shape index (κ1) is 20.8. The summed E-state index contributed by atoms with van der Waals surface area (Å²) in [5.74, 6) is 2.75. The Kier molecular flexibility index (Phi) is 6.39. The Labute approximate surface area is 182 Å². The van der Waals surface area contributed by atoms with Crippen molar-refractivity contribution in [3.63, 3.8) is 0 Å². The van der Waals surface area contributed by atoms with Crippen LogP contribution in [0.3, 0.4) is 0 Å². The van der Waals surface area contributed by atoms with Crippen LogP contribution in [-0.4, -0.2) is 46.9 Å². The summed E-state index contributed by atoms with van der Waals surface area (Å²) in [7, 11) is 1.89. The minimum absolute atomic E-state index is 0.0850. The first-order valence-corrected chi connectivity index (χ1v) is 10.4. The lowest BCUT2D eigenvalue weighted by Gasteiger charge is -2.16. The van der Waals surface area contributed by atoms with E-state index in [-0.39, 0.29) is 6.61 Å². The van der Waals surface area contributed by atoms with Gasteiger partial charge in [0.25, 0.3) is 0 Å². The molecule has 0 unspecified atom stereocenters. The van der Waals surface area contributed by atoms with Gasteiger partial charge in [-0.05, 0) is 54.7 Å². The summed E-state index contributed by atoms with van der Waals surface area (Å²) in [6.45, 7) is 1.29. The molecule has 1 N–H and O–H groups in total. The van der Waals surface area contributed by atoms with Gasteiger partial charge in [-0.15, -0.1) is 0 Å². The molecule has 1 saturated carbocycles. The van der Waals surface area contributed by atoms with Crippen molar-refractivity contribution >= 4 is 5.82 Å². The minimum Gasteiger partial charge on any atom is -0.492 e. The third-order valence-electron chi connectivity index (χ3n) is 5.27. The van der Waals surface area contributed by atoms with Crippen molar-refractivity contribution in [1.29, 1.82) is 5.26 Å². The van der Waals surface area contributed by atoms with E-state index >= 15 is 0 Å².